The Morgan fingerprint density at radius 3 is 1.84 bits per heavy atom. The molecule has 0 spiro atoms. The molecule has 7 nitrogen and oxygen atoms in total. The third kappa shape index (κ3) is 5.80. The maximum atomic E-state index is 13.4. The van der Waals surface area contributed by atoms with Crippen molar-refractivity contribution < 1.29 is 67.2 Å². The summed E-state index contributed by atoms with van der Waals surface area (Å²) < 4.78 is 138. The zero-order valence-electron chi connectivity index (χ0n) is 11.3. The standard InChI is InChI=1S/C9H6F8O7S/c1-3(10)4(18)24-5(9(15,16)17)8(13,14)6(19)23-2-7(11,12)25(20,21)22/h5H,1-2H2,(H,20,21,22)/p-1. The fourth-order valence-electron chi connectivity index (χ4n) is 0.942. The summed E-state index contributed by atoms with van der Waals surface area (Å²) in [5.74, 6) is -14.2. The third-order valence-corrected chi connectivity index (χ3v) is 2.93. The molecule has 0 aliphatic carbocycles. The first-order valence-electron chi connectivity index (χ1n) is 5.34. The van der Waals surface area contributed by atoms with Crippen LogP contribution in [0, 0.1) is 0 Å². The Morgan fingerprint density at radius 2 is 1.52 bits per heavy atom. The zero-order valence-corrected chi connectivity index (χ0v) is 12.1. The van der Waals surface area contributed by atoms with Gasteiger partial charge in [0.05, 0.1) is 0 Å². The van der Waals surface area contributed by atoms with E-state index >= 15 is 0 Å². The molecule has 0 N–H and O–H groups in total. The second-order valence-corrected chi connectivity index (χ2v) is 5.53. The predicted octanol–water partition coefficient (Wildman–Crippen LogP) is 1.26. The highest BCUT2D eigenvalue weighted by atomic mass is 32.2. The van der Waals surface area contributed by atoms with Crippen molar-refractivity contribution in [2.24, 2.45) is 0 Å². The molecule has 0 bridgehead atoms. The minimum atomic E-state index is -6.50. The molecule has 0 aromatic heterocycles. The number of alkyl halides is 7. The topological polar surface area (TPSA) is 110 Å². The van der Waals surface area contributed by atoms with Crippen LogP contribution in [0.4, 0.5) is 35.1 Å². The minimum Gasteiger partial charge on any atom is -0.743 e. The second kappa shape index (κ2) is 7.11. The monoisotopic (exact) mass is 409 g/mol. The quantitative estimate of drug-likeness (QED) is 0.270. The van der Waals surface area contributed by atoms with E-state index in [0.717, 1.165) is 0 Å². The van der Waals surface area contributed by atoms with Crippen molar-refractivity contribution in [3.8, 4) is 0 Å². The first-order chi connectivity index (χ1) is 10.8. The normalized spacial score (nSPS) is 14.6. The molecular formula is C9H5F8O7S-. The molecule has 25 heavy (non-hydrogen) atoms. The van der Waals surface area contributed by atoms with Gasteiger partial charge in [0.1, 0.15) is 0 Å². The smallest absolute Gasteiger partial charge is 0.432 e. The zero-order chi connectivity index (χ0) is 20.4. The average Bonchev–Trinajstić information content (AvgIpc) is 2.38. The van der Waals surface area contributed by atoms with Crippen LogP contribution in [-0.4, -0.2) is 55.0 Å². The van der Waals surface area contributed by atoms with E-state index in [-0.39, 0.29) is 0 Å². The van der Waals surface area contributed by atoms with Crippen LogP contribution < -0.4 is 0 Å². The SMILES string of the molecule is C=C(F)C(=O)OC(C(F)(F)F)C(F)(F)C(=O)OCC(F)(F)S(=O)(=O)[O-]. The van der Waals surface area contributed by atoms with Crippen molar-refractivity contribution >= 4 is 22.1 Å². The van der Waals surface area contributed by atoms with Gasteiger partial charge in [-0.25, -0.2) is 18.0 Å². The Hall–Kier alpha value is -1.97. The first-order valence-corrected chi connectivity index (χ1v) is 6.75. The van der Waals surface area contributed by atoms with Crippen LogP contribution in [0.1, 0.15) is 0 Å². The van der Waals surface area contributed by atoms with Crippen molar-refractivity contribution in [3.05, 3.63) is 12.4 Å². The van der Waals surface area contributed by atoms with E-state index in [1.54, 1.807) is 0 Å². The van der Waals surface area contributed by atoms with E-state index in [2.05, 4.69) is 16.1 Å². The summed E-state index contributed by atoms with van der Waals surface area (Å²) >= 11 is 0. The largest absolute Gasteiger partial charge is 0.743 e. The van der Waals surface area contributed by atoms with Crippen LogP contribution in [0.3, 0.4) is 0 Å². The van der Waals surface area contributed by atoms with Crippen LogP contribution in [-0.2, 0) is 29.2 Å². The molecule has 0 heterocycles. The van der Waals surface area contributed by atoms with Gasteiger partial charge < -0.3 is 14.0 Å². The lowest BCUT2D eigenvalue weighted by molar-refractivity contribution is -0.277. The van der Waals surface area contributed by atoms with E-state index in [9.17, 15) is 57.7 Å². The lowest BCUT2D eigenvalue weighted by atomic mass is 10.2. The molecule has 0 saturated heterocycles. The Labute approximate surface area is 132 Å². The molecule has 0 aliphatic rings. The third-order valence-electron chi connectivity index (χ3n) is 2.08. The highest BCUT2D eigenvalue weighted by molar-refractivity contribution is 7.86. The van der Waals surface area contributed by atoms with Gasteiger partial charge in [0.2, 0.25) is 5.83 Å². The lowest BCUT2D eigenvalue weighted by Gasteiger charge is -2.27. The first kappa shape index (κ1) is 23.0. The molecule has 0 aromatic carbocycles. The van der Waals surface area contributed by atoms with Crippen LogP contribution in [0.5, 0.6) is 0 Å². The summed E-state index contributed by atoms with van der Waals surface area (Å²) in [6, 6.07) is 0. The number of halogens is 8. The van der Waals surface area contributed by atoms with Gasteiger partial charge >= 0.3 is 29.3 Å². The van der Waals surface area contributed by atoms with Crippen molar-refractivity contribution in [1.29, 1.82) is 0 Å². The maximum absolute atomic E-state index is 13.4. The molecule has 0 amide bonds. The van der Waals surface area contributed by atoms with Gasteiger partial charge in [-0.3, -0.25) is 0 Å². The van der Waals surface area contributed by atoms with E-state index in [4.69, 9.17) is 0 Å². The van der Waals surface area contributed by atoms with Gasteiger partial charge in [-0.15, -0.1) is 0 Å². The Kier molecular flexibility index (Phi) is 6.55. The summed E-state index contributed by atoms with van der Waals surface area (Å²) in [6.07, 6.45) is -10.9. The lowest BCUT2D eigenvalue weighted by Crippen LogP contribution is -2.53. The number of ether oxygens (including phenoxy) is 2. The highest BCUT2D eigenvalue weighted by Crippen LogP contribution is 2.36. The van der Waals surface area contributed by atoms with Crippen molar-refractivity contribution in [2.45, 2.75) is 23.5 Å². The number of rotatable bonds is 7. The van der Waals surface area contributed by atoms with Gasteiger partial charge in [-0.05, 0) is 0 Å². The summed E-state index contributed by atoms with van der Waals surface area (Å²) in [5.41, 5.74) is 0. The van der Waals surface area contributed by atoms with E-state index in [0.29, 0.717) is 0 Å². The van der Waals surface area contributed by atoms with Crippen LogP contribution >= 0.6 is 0 Å². The molecule has 146 valence electrons. The summed E-state index contributed by atoms with van der Waals surface area (Å²) in [4.78, 5) is 21.5. The molecule has 0 saturated carbocycles. The van der Waals surface area contributed by atoms with Crippen molar-refractivity contribution in [2.75, 3.05) is 6.61 Å². The number of carbonyl (C=O) groups is 2. The fraction of sp³-hybridized carbons (Fsp3) is 0.556. The van der Waals surface area contributed by atoms with Crippen molar-refractivity contribution in [3.63, 3.8) is 0 Å². The summed E-state index contributed by atoms with van der Waals surface area (Å²) in [5, 5.41) is -5.43. The number of hydrogen-bond acceptors (Lipinski definition) is 7. The number of esters is 2. The second-order valence-electron chi connectivity index (χ2n) is 4.02. The molecular weight excluding hydrogens is 404 g/mol. The van der Waals surface area contributed by atoms with Gasteiger partial charge in [0, 0.05) is 0 Å². The van der Waals surface area contributed by atoms with E-state index < -0.39 is 57.9 Å². The average molecular weight is 409 g/mol. The number of hydrogen-bond donors (Lipinski definition) is 0. The Balaban J connectivity index is 5.48. The number of carbonyl (C=O) groups excluding carboxylic acids is 2. The van der Waals surface area contributed by atoms with Gasteiger partial charge in [-0.2, -0.15) is 35.1 Å². The van der Waals surface area contributed by atoms with Crippen molar-refractivity contribution in [1.82, 2.24) is 0 Å². The van der Waals surface area contributed by atoms with E-state index in [1.165, 1.54) is 0 Å². The van der Waals surface area contributed by atoms with E-state index in [1.807, 2.05) is 0 Å². The van der Waals surface area contributed by atoms with Gasteiger partial charge in [0.15, 0.2) is 16.7 Å². The molecule has 0 radical (unpaired) electrons. The van der Waals surface area contributed by atoms with Crippen LogP contribution in [0.2, 0.25) is 0 Å². The molecule has 16 heteroatoms. The molecule has 0 rings (SSSR count). The summed E-state index contributed by atoms with van der Waals surface area (Å²) in [7, 11) is -6.50. The van der Waals surface area contributed by atoms with Crippen LogP contribution in [0.25, 0.3) is 0 Å². The highest BCUT2D eigenvalue weighted by Gasteiger charge is 2.64. The summed E-state index contributed by atoms with van der Waals surface area (Å²) in [6.45, 7) is -0.703. The van der Waals surface area contributed by atoms with Gasteiger partial charge in [0.25, 0.3) is 6.10 Å². The molecule has 1 atom stereocenters. The molecule has 0 aromatic rings. The molecule has 0 aliphatic heterocycles. The Morgan fingerprint density at radius 1 is 1.08 bits per heavy atom. The van der Waals surface area contributed by atoms with Crippen LogP contribution in [0.15, 0.2) is 12.4 Å². The molecule has 1 unspecified atom stereocenters. The predicted molar refractivity (Wildman–Crippen MR) is 56.7 cm³/mol. The van der Waals surface area contributed by atoms with Gasteiger partial charge in [-0.1, -0.05) is 6.58 Å². The minimum absolute atomic E-state index is 2.14. The maximum Gasteiger partial charge on any atom is 0.432 e. The molecule has 0 fully saturated rings. The Bertz CT molecular complexity index is 653. The fourth-order valence-corrected chi connectivity index (χ4v) is 1.15.